The van der Waals surface area contributed by atoms with E-state index in [1.165, 1.54) is 30.3 Å². The van der Waals surface area contributed by atoms with Gasteiger partial charge in [0.15, 0.2) is 6.61 Å². The van der Waals surface area contributed by atoms with Gasteiger partial charge in [0.2, 0.25) is 0 Å². The number of nitrogens with one attached hydrogen (secondary N) is 1. The van der Waals surface area contributed by atoms with E-state index in [9.17, 15) is 14.0 Å². The van der Waals surface area contributed by atoms with Gasteiger partial charge < -0.3 is 15.2 Å². The predicted octanol–water partition coefficient (Wildman–Crippen LogP) is 2.60. The predicted molar refractivity (Wildman–Crippen MR) is 71.8 cm³/mol. The standard InChI is InChI=1S/C13H10FNO4S/c14-8-1-3-9(4-2-8)19-7-11(16)15-10-5-6-20-12(10)13(17)18/h1-6H,7H2,(H,15,16)(H,17,18). The smallest absolute Gasteiger partial charge is 0.348 e. The van der Waals surface area contributed by atoms with Crippen LogP contribution in [-0.2, 0) is 4.79 Å². The van der Waals surface area contributed by atoms with E-state index in [0.717, 1.165) is 11.3 Å². The molecule has 7 heteroatoms. The average molecular weight is 295 g/mol. The first-order valence-corrected chi connectivity index (χ1v) is 6.43. The number of benzene rings is 1. The third-order valence-corrected chi connectivity index (χ3v) is 3.22. The molecule has 0 saturated carbocycles. The molecule has 0 bridgehead atoms. The Balaban J connectivity index is 1.91. The molecule has 0 fully saturated rings. The summed E-state index contributed by atoms with van der Waals surface area (Å²) in [7, 11) is 0. The molecule has 2 aromatic rings. The number of halogens is 1. The maximum absolute atomic E-state index is 12.7. The normalized spacial score (nSPS) is 10.1. The summed E-state index contributed by atoms with van der Waals surface area (Å²) in [5.41, 5.74) is 0.232. The first-order valence-electron chi connectivity index (χ1n) is 5.55. The molecule has 20 heavy (non-hydrogen) atoms. The molecular weight excluding hydrogens is 285 g/mol. The molecule has 0 unspecified atom stereocenters. The van der Waals surface area contributed by atoms with E-state index in [1.54, 1.807) is 5.38 Å². The number of anilines is 1. The largest absolute Gasteiger partial charge is 0.484 e. The van der Waals surface area contributed by atoms with Crippen LogP contribution in [0.5, 0.6) is 5.75 Å². The molecule has 2 N–H and O–H groups in total. The van der Waals surface area contributed by atoms with Crippen molar-refractivity contribution >= 4 is 28.9 Å². The van der Waals surface area contributed by atoms with Crippen molar-refractivity contribution in [3.63, 3.8) is 0 Å². The zero-order valence-electron chi connectivity index (χ0n) is 10.1. The highest BCUT2D eigenvalue weighted by Gasteiger charge is 2.14. The molecule has 0 atom stereocenters. The fraction of sp³-hybridized carbons (Fsp3) is 0.0769. The number of amides is 1. The van der Waals surface area contributed by atoms with Gasteiger partial charge in [-0.3, -0.25) is 4.79 Å². The maximum atomic E-state index is 12.7. The summed E-state index contributed by atoms with van der Waals surface area (Å²) in [5, 5.41) is 12.9. The fourth-order valence-corrected chi connectivity index (χ4v) is 2.13. The van der Waals surface area contributed by atoms with E-state index in [2.05, 4.69) is 5.32 Å². The second-order valence-electron chi connectivity index (χ2n) is 3.76. The molecule has 2 rings (SSSR count). The number of thiophene rings is 1. The van der Waals surface area contributed by atoms with Gasteiger partial charge >= 0.3 is 5.97 Å². The van der Waals surface area contributed by atoms with Crippen LogP contribution in [0.3, 0.4) is 0 Å². The third kappa shape index (κ3) is 3.55. The maximum Gasteiger partial charge on any atom is 0.348 e. The molecule has 1 aromatic heterocycles. The summed E-state index contributed by atoms with van der Waals surface area (Å²) in [6.45, 7) is -0.291. The zero-order chi connectivity index (χ0) is 14.5. The van der Waals surface area contributed by atoms with Crippen LogP contribution in [0, 0.1) is 5.82 Å². The Bertz CT molecular complexity index is 624. The Morgan fingerprint density at radius 3 is 2.60 bits per heavy atom. The summed E-state index contributed by atoms with van der Waals surface area (Å²) in [6, 6.07) is 6.74. The van der Waals surface area contributed by atoms with Gasteiger partial charge in [0.05, 0.1) is 5.69 Å². The summed E-state index contributed by atoms with van der Waals surface area (Å²) in [6.07, 6.45) is 0. The fourth-order valence-electron chi connectivity index (χ4n) is 1.44. The van der Waals surface area contributed by atoms with Crippen LogP contribution in [0.1, 0.15) is 9.67 Å². The summed E-state index contributed by atoms with van der Waals surface area (Å²) in [4.78, 5) is 22.6. The molecule has 1 aromatic carbocycles. The first kappa shape index (κ1) is 14.0. The SMILES string of the molecule is O=C(COc1ccc(F)cc1)Nc1ccsc1C(=O)O. The lowest BCUT2D eigenvalue weighted by molar-refractivity contribution is -0.118. The van der Waals surface area contributed by atoms with Gasteiger partial charge in [0, 0.05) is 0 Å². The number of ether oxygens (including phenoxy) is 1. The van der Waals surface area contributed by atoms with Crippen molar-refractivity contribution in [3.05, 3.63) is 46.4 Å². The van der Waals surface area contributed by atoms with E-state index in [4.69, 9.17) is 9.84 Å². The minimum atomic E-state index is -1.10. The molecule has 0 saturated heterocycles. The zero-order valence-corrected chi connectivity index (χ0v) is 10.9. The van der Waals surface area contributed by atoms with Crippen LogP contribution in [-0.4, -0.2) is 23.6 Å². The number of carboxylic acids is 1. The summed E-state index contributed by atoms with van der Waals surface area (Å²) >= 11 is 1.02. The number of aromatic carboxylic acids is 1. The van der Waals surface area contributed by atoms with Crippen molar-refractivity contribution in [2.45, 2.75) is 0 Å². The summed E-state index contributed by atoms with van der Waals surface area (Å²) < 4.78 is 17.8. The van der Waals surface area contributed by atoms with E-state index in [-0.39, 0.29) is 17.2 Å². The Morgan fingerprint density at radius 2 is 1.95 bits per heavy atom. The van der Waals surface area contributed by atoms with Crippen molar-refractivity contribution in [2.24, 2.45) is 0 Å². The van der Waals surface area contributed by atoms with Crippen LogP contribution in [0.15, 0.2) is 35.7 Å². The summed E-state index contributed by atoms with van der Waals surface area (Å²) in [5.74, 6) is -1.64. The monoisotopic (exact) mass is 295 g/mol. The van der Waals surface area contributed by atoms with Crippen LogP contribution >= 0.6 is 11.3 Å². The van der Waals surface area contributed by atoms with E-state index in [1.807, 2.05) is 0 Å². The number of carbonyl (C=O) groups is 2. The Hall–Kier alpha value is -2.41. The molecular formula is C13H10FNO4S. The van der Waals surface area contributed by atoms with Crippen LogP contribution in [0.2, 0.25) is 0 Å². The van der Waals surface area contributed by atoms with Gasteiger partial charge in [-0.05, 0) is 35.7 Å². The number of hydrogen-bond acceptors (Lipinski definition) is 4. The lowest BCUT2D eigenvalue weighted by atomic mass is 10.3. The molecule has 0 spiro atoms. The molecule has 104 valence electrons. The molecule has 0 aliphatic carbocycles. The highest BCUT2D eigenvalue weighted by Crippen LogP contribution is 2.22. The molecule has 0 aliphatic rings. The Kier molecular flexibility index (Phi) is 4.31. The quantitative estimate of drug-likeness (QED) is 0.889. The molecule has 1 amide bonds. The second-order valence-corrected chi connectivity index (χ2v) is 4.68. The van der Waals surface area contributed by atoms with Crippen LogP contribution < -0.4 is 10.1 Å². The van der Waals surface area contributed by atoms with Crippen molar-refractivity contribution in [3.8, 4) is 5.75 Å². The minimum Gasteiger partial charge on any atom is -0.484 e. The Labute approximate surface area is 117 Å². The number of carbonyl (C=O) groups excluding carboxylic acids is 1. The average Bonchev–Trinajstić information content (AvgIpc) is 2.86. The van der Waals surface area contributed by atoms with E-state index >= 15 is 0 Å². The lowest BCUT2D eigenvalue weighted by Crippen LogP contribution is -2.20. The van der Waals surface area contributed by atoms with Gasteiger partial charge in [-0.1, -0.05) is 0 Å². The first-order chi connectivity index (χ1) is 9.56. The molecule has 0 radical (unpaired) electrons. The highest BCUT2D eigenvalue weighted by atomic mass is 32.1. The lowest BCUT2D eigenvalue weighted by Gasteiger charge is -2.07. The van der Waals surface area contributed by atoms with Crippen molar-refractivity contribution in [1.29, 1.82) is 0 Å². The van der Waals surface area contributed by atoms with E-state index in [0.29, 0.717) is 5.75 Å². The van der Waals surface area contributed by atoms with Crippen molar-refractivity contribution in [1.82, 2.24) is 0 Å². The van der Waals surface area contributed by atoms with Crippen molar-refractivity contribution < 1.29 is 23.8 Å². The topological polar surface area (TPSA) is 75.6 Å². The number of hydrogen-bond donors (Lipinski definition) is 2. The molecule has 0 aliphatic heterocycles. The van der Waals surface area contributed by atoms with Crippen LogP contribution in [0.25, 0.3) is 0 Å². The number of rotatable bonds is 5. The van der Waals surface area contributed by atoms with Gasteiger partial charge in [-0.25, -0.2) is 9.18 Å². The molecule has 1 heterocycles. The van der Waals surface area contributed by atoms with Gasteiger partial charge in [0.25, 0.3) is 5.91 Å². The molecule has 5 nitrogen and oxygen atoms in total. The number of carboxylic acid groups (broad SMARTS) is 1. The van der Waals surface area contributed by atoms with Gasteiger partial charge in [-0.2, -0.15) is 0 Å². The Morgan fingerprint density at radius 1 is 1.25 bits per heavy atom. The van der Waals surface area contributed by atoms with Crippen molar-refractivity contribution in [2.75, 3.05) is 11.9 Å². The van der Waals surface area contributed by atoms with E-state index < -0.39 is 17.7 Å². The van der Waals surface area contributed by atoms with Gasteiger partial charge in [-0.15, -0.1) is 11.3 Å². The highest BCUT2D eigenvalue weighted by molar-refractivity contribution is 7.12. The third-order valence-electron chi connectivity index (χ3n) is 2.32. The van der Waals surface area contributed by atoms with Gasteiger partial charge in [0.1, 0.15) is 16.4 Å². The van der Waals surface area contributed by atoms with Crippen LogP contribution in [0.4, 0.5) is 10.1 Å². The second kappa shape index (κ2) is 6.16. The minimum absolute atomic E-state index is 0.0557.